The van der Waals surface area contributed by atoms with Gasteiger partial charge in [0.15, 0.2) is 0 Å². The Kier molecular flexibility index (Phi) is 8.01. The molecule has 26 heavy (non-hydrogen) atoms. The molecule has 1 aromatic carbocycles. The lowest BCUT2D eigenvalue weighted by Crippen LogP contribution is -2.47. The van der Waals surface area contributed by atoms with Gasteiger partial charge in [-0.25, -0.2) is 4.79 Å². The summed E-state index contributed by atoms with van der Waals surface area (Å²) in [6.45, 7) is 1.67. The van der Waals surface area contributed by atoms with Gasteiger partial charge in [0.05, 0.1) is 20.8 Å². The lowest BCUT2D eigenvalue weighted by molar-refractivity contribution is -0.120. The number of carbonyl (C=O) groups is 2. The van der Waals surface area contributed by atoms with Crippen LogP contribution in [0.15, 0.2) is 18.2 Å². The Morgan fingerprint density at radius 2 is 1.92 bits per heavy atom. The summed E-state index contributed by atoms with van der Waals surface area (Å²) in [5.41, 5.74) is 0.942. The van der Waals surface area contributed by atoms with Crippen LogP contribution < -0.4 is 25.4 Å². The van der Waals surface area contributed by atoms with Crippen molar-refractivity contribution in [3.63, 3.8) is 0 Å². The summed E-state index contributed by atoms with van der Waals surface area (Å²) in [7, 11) is 3.20. The fourth-order valence-corrected chi connectivity index (χ4v) is 2.72. The zero-order valence-corrected chi connectivity index (χ0v) is 15.3. The lowest BCUT2D eigenvalue weighted by Gasteiger charge is -2.23. The molecular weight excluding hydrogens is 338 g/mol. The van der Waals surface area contributed by atoms with E-state index in [0.717, 1.165) is 29.9 Å². The second kappa shape index (κ2) is 10.5. The van der Waals surface area contributed by atoms with Gasteiger partial charge in [0, 0.05) is 25.8 Å². The van der Waals surface area contributed by atoms with Crippen LogP contribution in [0.5, 0.6) is 11.5 Å². The Morgan fingerprint density at radius 1 is 1.15 bits per heavy atom. The van der Waals surface area contributed by atoms with Gasteiger partial charge in [-0.3, -0.25) is 4.79 Å². The topological polar surface area (TPSA) is 97.9 Å². The minimum absolute atomic E-state index is 0.0652. The van der Waals surface area contributed by atoms with E-state index in [4.69, 9.17) is 14.2 Å². The van der Waals surface area contributed by atoms with Crippen molar-refractivity contribution in [2.75, 3.05) is 40.5 Å². The zero-order chi connectivity index (χ0) is 18.8. The molecule has 0 bridgehead atoms. The number of nitrogens with one attached hydrogen (secondary N) is 3. The maximum absolute atomic E-state index is 11.9. The summed E-state index contributed by atoms with van der Waals surface area (Å²) in [5, 5.41) is 8.20. The number of urea groups is 1. The number of ether oxygens (including phenoxy) is 3. The van der Waals surface area contributed by atoms with Crippen LogP contribution in [0.25, 0.3) is 0 Å². The Morgan fingerprint density at radius 3 is 2.62 bits per heavy atom. The molecule has 1 aliphatic rings. The third kappa shape index (κ3) is 6.44. The molecule has 0 saturated carbocycles. The zero-order valence-electron chi connectivity index (χ0n) is 15.3. The van der Waals surface area contributed by atoms with Crippen molar-refractivity contribution in [1.29, 1.82) is 0 Å². The number of methoxy groups -OCH3 is 2. The molecule has 8 nitrogen and oxygen atoms in total. The quantitative estimate of drug-likeness (QED) is 0.634. The maximum Gasteiger partial charge on any atom is 0.315 e. The average Bonchev–Trinajstić information content (AvgIpc) is 2.67. The van der Waals surface area contributed by atoms with Crippen LogP contribution >= 0.6 is 0 Å². The molecule has 1 fully saturated rings. The first kappa shape index (κ1) is 19.8. The summed E-state index contributed by atoms with van der Waals surface area (Å²) >= 11 is 0. The van der Waals surface area contributed by atoms with Gasteiger partial charge in [-0.1, -0.05) is 0 Å². The fourth-order valence-electron chi connectivity index (χ4n) is 2.72. The first-order valence-corrected chi connectivity index (χ1v) is 8.72. The first-order chi connectivity index (χ1) is 12.6. The standard InChI is InChI=1S/C18H27N3O5/c1-24-15-3-4-16(25-2)13(11-15)5-8-19-17(22)12-20-18(23)21-14-6-9-26-10-7-14/h3-4,11,14H,5-10,12H2,1-2H3,(H,19,22)(H2,20,21,23). The molecule has 3 amide bonds. The third-order valence-electron chi connectivity index (χ3n) is 4.17. The van der Waals surface area contributed by atoms with Crippen LogP contribution in [0.2, 0.25) is 0 Å². The van der Waals surface area contributed by atoms with Crippen LogP contribution in [-0.2, 0) is 16.0 Å². The second-order valence-corrected chi connectivity index (χ2v) is 5.99. The van der Waals surface area contributed by atoms with Crippen molar-refractivity contribution in [2.45, 2.75) is 25.3 Å². The highest BCUT2D eigenvalue weighted by Gasteiger charge is 2.16. The van der Waals surface area contributed by atoms with Crippen molar-refractivity contribution >= 4 is 11.9 Å². The summed E-state index contributed by atoms with van der Waals surface area (Å²) in [6, 6.07) is 5.30. The summed E-state index contributed by atoms with van der Waals surface area (Å²) < 4.78 is 15.8. The van der Waals surface area contributed by atoms with E-state index >= 15 is 0 Å². The van der Waals surface area contributed by atoms with Crippen molar-refractivity contribution in [2.24, 2.45) is 0 Å². The molecule has 1 aromatic rings. The van der Waals surface area contributed by atoms with E-state index in [0.29, 0.717) is 26.2 Å². The predicted molar refractivity (Wildman–Crippen MR) is 96.6 cm³/mol. The smallest absolute Gasteiger partial charge is 0.315 e. The number of rotatable bonds is 8. The molecule has 0 spiro atoms. The van der Waals surface area contributed by atoms with Crippen LogP contribution in [0.1, 0.15) is 18.4 Å². The molecule has 144 valence electrons. The van der Waals surface area contributed by atoms with Gasteiger partial charge >= 0.3 is 6.03 Å². The molecule has 2 rings (SSSR count). The molecule has 0 aromatic heterocycles. The van der Waals surface area contributed by atoms with Gasteiger partial charge in [0.2, 0.25) is 5.91 Å². The largest absolute Gasteiger partial charge is 0.497 e. The van der Waals surface area contributed by atoms with Gasteiger partial charge in [-0.15, -0.1) is 0 Å². The highest BCUT2D eigenvalue weighted by atomic mass is 16.5. The van der Waals surface area contributed by atoms with E-state index in [2.05, 4.69) is 16.0 Å². The Bertz CT molecular complexity index is 602. The summed E-state index contributed by atoms with van der Waals surface area (Å²) in [5.74, 6) is 1.24. The van der Waals surface area contributed by atoms with E-state index in [1.807, 2.05) is 18.2 Å². The van der Waals surface area contributed by atoms with Gasteiger partial charge < -0.3 is 30.2 Å². The number of hydrogen-bond donors (Lipinski definition) is 3. The van der Waals surface area contributed by atoms with Gasteiger partial charge in [0.1, 0.15) is 11.5 Å². The van der Waals surface area contributed by atoms with Crippen molar-refractivity contribution in [3.8, 4) is 11.5 Å². The molecule has 1 aliphatic heterocycles. The molecule has 3 N–H and O–H groups in total. The second-order valence-electron chi connectivity index (χ2n) is 5.99. The Labute approximate surface area is 153 Å². The molecule has 0 unspecified atom stereocenters. The average molecular weight is 365 g/mol. The SMILES string of the molecule is COc1ccc(OC)c(CCNC(=O)CNC(=O)NC2CCOCC2)c1. The molecule has 8 heteroatoms. The predicted octanol–water partition coefficient (Wildman–Crippen LogP) is 0.841. The van der Waals surface area contributed by atoms with Gasteiger partial charge in [-0.2, -0.15) is 0 Å². The van der Waals surface area contributed by atoms with Crippen molar-refractivity contribution in [1.82, 2.24) is 16.0 Å². The van der Waals surface area contributed by atoms with E-state index in [1.54, 1.807) is 14.2 Å². The number of carbonyl (C=O) groups excluding carboxylic acids is 2. The van der Waals surface area contributed by atoms with Crippen LogP contribution in [0.3, 0.4) is 0 Å². The highest BCUT2D eigenvalue weighted by molar-refractivity contribution is 5.83. The van der Waals surface area contributed by atoms with E-state index in [1.165, 1.54) is 0 Å². The fraction of sp³-hybridized carbons (Fsp3) is 0.556. The lowest BCUT2D eigenvalue weighted by atomic mass is 10.1. The third-order valence-corrected chi connectivity index (χ3v) is 4.17. The van der Waals surface area contributed by atoms with Crippen molar-refractivity contribution < 1.29 is 23.8 Å². The molecule has 0 atom stereocenters. The monoisotopic (exact) mass is 365 g/mol. The number of benzene rings is 1. The molecule has 1 heterocycles. The number of hydrogen-bond acceptors (Lipinski definition) is 5. The minimum Gasteiger partial charge on any atom is -0.497 e. The molecular formula is C18H27N3O5. The summed E-state index contributed by atoms with van der Waals surface area (Å²) in [4.78, 5) is 23.7. The minimum atomic E-state index is -0.332. The van der Waals surface area contributed by atoms with Crippen LogP contribution in [0.4, 0.5) is 4.79 Å². The van der Waals surface area contributed by atoms with E-state index in [-0.39, 0.29) is 24.5 Å². The van der Waals surface area contributed by atoms with Gasteiger partial charge in [0.25, 0.3) is 0 Å². The Balaban J connectivity index is 1.67. The first-order valence-electron chi connectivity index (χ1n) is 8.72. The molecule has 0 aliphatic carbocycles. The van der Waals surface area contributed by atoms with E-state index < -0.39 is 0 Å². The van der Waals surface area contributed by atoms with Gasteiger partial charge in [-0.05, 0) is 43.0 Å². The van der Waals surface area contributed by atoms with Crippen LogP contribution in [0, 0.1) is 0 Å². The van der Waals surface area contributed by atoms with E-state index in [9.17, 15) is 9.59 Å². The number of amides is 3. The molecule has 0 radical (unpaired) electrons. The van der Waals surface area contributed by atoms with Crippen molar-refractivity contribution in [3.05, 3.63) is 23.8 Å². The Hall–Kier alpha value is -2.48. The maximum atomic E-state index is 11.9. The summed E-state index contributed by atoms with van der Waals surface area (Å²) in [6.07, 6.45) is 2.18. The van der Waals surface area contributed by atoms with Crippen LogP contribution in [-0.4, -0.2) is 58.5 Å². The molecule has 1 saturated heterocycles. The normalized spacial score (nSPS) is 14.4. The highest BCUT2D eigenvalue weighted by Crippen LogP contribution is 2.24.